The van der Waals surface area contributed by atoms with Crippen LogP contribution < -0.4 is 0 Å². The Labute approximate surface area is 121 Å². The van der Waals surface area contributed by atoms with Gasteiger partial charge < -0.3 is 4.74 Å². The van der Waals surface area contributed by atoms with E-state index in [0.717, 1.165) is 5.56 Å². The van der Waals surface area contributed by atoms with Gasteiger partial charge in [0.05, 0.1) is 17.9 Å². The average Bonchev–Trinajstić information content (AvgIpc) is 2.86. The van der Waals surface area contributed by atoms with E-state index in [9.17, 15) is 9.59 Å². The number of hydrogen-bond acceptors (Lipinski definition) is 4. The molecule has 0 aliphatic heterocycles. The third kappa shape index (κ3) is 2.58. The third-order valence-corrected chi connectivity index (χ3v) is 3.23. The molecule has 5 nitrogen and oxygen atoms in total. The van der Waals surface area contributed by atoms with Crippen molar-refractivity contribution >= 4 is 23.9 Å². The van der Waals surface area contributed by atoms with Crippen LogP contribution in [0.4, 0.5) is 0 Å². The van der Waals surface area contributed by atoms with Crippen LogP contribution in [-0.4, -0.2) is 28.6 Å². The van der Waals surface area contributed by atoms with Gasteiger partial charge in [-0.2, -0.15) is 5.10 Å². The Morgan fingerprint density at radius 3 is 2.90 bits per heavy atom. The molecule has 0 unspecified atom stereocenters. The molecule has 2 rings (SSSR count). The van der Waals surface area contributed by atoms with E-state index in [1.807, 2.05) is 6.92 Å². The maximum Gasteiger partial charge on any atom is 0.359 e. The number of benzene rings is 1. The van der Waals surface area contributed by atoms with Crippen molar-refractivity contribution in [2.45, 2.75) is 13.8 Å². The predicted molar refractivity (Wildman–Crippen MR) is 74.7 cm³/mol. The van der Waals surface area contributed by atoms with E-state index in [0.29, 0.717) is 17.0 Å². The predicted octanol–water partition coefficient (Wildman–Crippen LogP) is 2.82. The number of aromatic nitrogens is 2. The van der Waals surface area contributed by atoms with Gasteiger partial charge in [-0.3, -0.25) is 4.79 Å². The van der Waals surface area contributed by atoms with E-state index in [1.165, 1.54) is 10.9 Å². The minimum Gasteiger partial charge on any atom is -0.461 e. The smallest absolute Gasteiger partial charge is 0.359 e. The molecule has 0 N–H and O–H groups in total. The zero-order chi connectivity index (χ0) is 14.7. The normalized spacial score (nSPS) is 10.3. The Kier molecular flexibility index (Phi) is 4.20. The highest BCUT2D eigenvalue weighted by molar-refractivity contribution is 6.31. The van der Waals surface area contributed by atoms with Gasteiger partial charge in [-0.1, -0.05) is 17.7 Å². The van der Waals surface area contributed by atoms with E-state index in [1.54, 1.807) is 25.1 Å². The van der Waals surface area contributed by atoms with Crippen molar-refractivity contribution < 1.29 is 14.3 Å². The Morgan fingerprint density at radius 1 is 1.50 bits per heavy atom. The summed E-state index contributed by atoms with van der Waals surface area (Å²) in [7, 11) is 0. The van der Waals surface area contributed by atoms with Crippen molar-refractivity contribution in [3.8, 4) is 5.69 Å². The largest absolute Gasteiger partial charge is 0.461 e. The molecule has 1 aromatic heterocycles. The SMILES string of the molecule is CCOC(=O)c1nn(-c2cccc(Cl)c2C)cc1C=O. The molecule has 0 saturated heterocycles. The van der Waals surface area contributed by atoms with Crippen LogP contribution in [0.3, 0.4) is 0 Å². The van der Waals surface area contributed by atoms with Crippen molar-refractivity contribution in [2.24, 2.45) is 0 Å². The summed E-state index contributed by atoms with van der Waals surface area (Å²) in [6.07, 6.45) is 2.06. The number of carbonyl (C=O) groups is 2. The maximum absolute atomic E-state index is 11.7. The van der Waals surface area contributed by atoms with E-state index in [2.05, 4.69) is 5.10 Å². The lowest BCUT2D eigenvalue weighted by atomic mass is 10.2. The van der Waals surface area contributed by atoms with Crippen LogP contribution >= 0.6 is 11.6 Å². The van der Waals surface area contributed by atoms with Crippen molar-refractivity contribution in [3.05, 3.63) is 46.2 Å². The number of nitrogens with zero attached hydrogens (tertiary/aromatic N) is 2. The number of halogens is 1. The van der Waals surface area contributed by atoms with E-state index >= 15 is 0 Å². The minimum absolute atomic E-state index is 0.00113. The highest BCUT2D eigenvalue weighted by Gasteiger charge is 2.19. The Morgan fingerprint density at radius 2 is 2.25 bits per heavy atom. The first-order chi connectivity index (χ1) is 9.58. The summed E-state index contributed by atoms with van der Waals surface area (Å²) < 4.78 is 6.33. The molecule has 0 spiro atoms. The molecule has 0 fully saturated rings. The first kappa shape index (κ1) is 14.3. The highest BCUT2D eigenvalue weighted by atomic mass is 35.5. The van der Waals surface area contributed by atoms with Gasteiger partial charge in [-0.25, -0.2) is 9.48 Å². The van der Waals surface area contributed by atoms with Crippen molar-refractivity contribution in [1.29, 1.82) is 0 Å². The Hall–Kier alpha value is -2.14. The number of rotatable bonds is 4. The lowest BCUT2D eigenvalue weighted by molar-refractivity contribution is 0.0517. The molecule has 1 aromatic carbocycles. The molecule has 0 bridgehead atoms. The zero-order valence-corrected chi connectivity index (χ0v) is 11.8. The zero-order valence-electron chi connectivity index (χ0n) is 11.1. The standard InChI is InChI=1S/C14H13ClN2O3/c1-3-20-14(19)13-10(8-18)7-17(16-13)12-6-4-5-11(15)9(12)2/h4-8H,3H2,1-2H3. The summed E-state index contributed by atoms with van der Waals surface area (Å²) in [6.45, 7) is 3.75. The summed E-state index contributed by atoms with van der Waals surface area (Å²) in [5.74, 6) is -0.618. The van der Waals surface area contributed by atoms with Gasteiger partial charge in [0.25, 0.3) is 0 Å². The molecule has 20 heavy (non-hydrogen) atoms. The molecule has 104 valence electrons. The number of hydrogen-bond donors (Lipinski definition) is 0. The van der Waals surface area contributed by atoms with Gasteiger partial charge in [-0.05, 0) is 31.5 Å². The second kappa shape index (κ2) is 5.88. The Balaban J connectivity index is 2.51. The van der Waals surface area contributed by atoms with Crippen LogP contribution in [0.2, 0.25) is 5.02 Å². The summed E-state index contributed by atoms with van der Waals surface area (Å²) in [4.78, 5) is 22.8. The summed E-state index contributed by atoms with van der Waals surface area (Å²) >= 11 is 6.05. The van der Waals surface area contributed by atoms with Gasteiger partial charge in [0.1, 0.15) is 0 Å². The number of esters is 1. The second-order valence-electron chi connectivity index (χ2n) is 4.10. The van der Waals surface area contributed by atoms with Crippen molar-refractivity contribution in [1.82, 2.24) is 9.78 Å². The fourth-order valence-electron chi connectivity index (χ4n) is 1.80. The molecule has 0 amide bonds. The van der Waals surface area contributed by atoms with Gasteiger partial charge in [0, 0.05) is 11.2 Å². The summed E-state index contributed by atoms with van der Waals surface area (Å²) in [6, 6.07) is 5.34. The van der Waals surface area contributed by atoms with E-state index < -0.39 is 5.97 Å². The maximum atomic E-state index is 11.7. The van der Waals surface area contributed by atoms with Gasteiger partial charge in [-0.15, -0.1) is 0 Å². The molecular formula is C14H13ClN2O3. The Bertz CT molecular complexity index is 664. The number of ether oxygens (including phenoxy) is 1. The fraction of sp³-hybridized carbons (Fsp3) is 0.214. The number of carbonyl (C=O) groups excluding carboxylic acids is 2. The van der Waals surface area contributed by atoms with Gasteiger partial charge in [0.15, 0.2) is 12.0 Å². The van der Waals surface area contributed by atoms with Crippen LogP contribution in [0.15, 0.2) is 24.4 Å². The molecule has 6 heteroatoms. The van der Waals surface area contributed by atoms with Crippen LogP contribution in [0.5, 0.6) is 0 Å². The third-order valence-electron chi connectivity index (χ3n) is 2.82. The van der Waals surface area contributed by atoms with Crippen molar-refractivity contribution in [2.75, 3.05) is 6.61 Å². The first-order valence-electron chi connectivity index (χ1n) is 6.06. The topological polar surface area (TPSA) is 61.2 Å². The van der Waals surface area contributed by atoms with Crippen LogP contribution in [0.25, 0.3) is 5.69 Å². The molecule has 0 aliphatic carbocycles. The molecule has 0 radical (unpaired) electrons. The summed E-state index contributed by atoms with van der Waals surface area (Å²) in [5.41, 5.74) is 1.70. The minimum atomic E-state index is -0.618. The number of aldehydes is 1. The summed E-state index contributed by atoms with van der Waals surface area (Å²) in [5, 5.41) is 4.71. The molecule has 1 heterocycles. The molecule has 0 saturated carbocycles. The fourth-order valence-corrected chi connectivity index (χ4v) is 1.97. The van der Waals surface area contributed by atoms with Crippen molar-refractivity contribution in [3.63, 3.8) is 0 Å². The molecule has 0 atom stereocenters. The lowest BCUT2D eigenvalue weighted by Gasteiger charge is -2.06. The van der Waals surface area contributed by atoms with E-state index in [4.69, 9.17) is 16.3 Å². The van der Waals surface area contributed by atoms with E-state index in [-0.39, 0.29) is 17.9 Å². The van der Waals surface area contributed by atoms with Gasteiger partial charge >= 0.3 is 5.97 Å². The highest BCUT2D eigenvalue weighted by Crippen LogP contribution is 2.22. The molecule has 2 aromatic rings. The quantitative estimate of drug-likeness (QED) is 0.642. The average molecular weight is 293 g/mol. The van der Waals surface area contributed by atoms with Crippen LogP contribution in [-0.2, 0) is 4.74 Å². The monoisotopic (exact) mass is 292 g/mol. The van der Waals surface area contributed by atoms with Crippen LogP contribution in [0.1, 0.15) is 33.3 Å². The van der Waals surface area contributed by atoms with Crippen LogP contribution in [0, 0.1) is 6.92 Å². The molecular weight excluding hydrogens is 280 g/mol. The second-order valence-corrected chi connectivity index (χ2v) is 4.51. The molecule has 0 aliphatic rings. The lowest BCUT2D eigenvalue weighted by Crippen LogP contribution is -2.08. The van der Waals surface area contributed by atoms with Gasteiger partial charge in [0.2, 0.25) is 0 Å². The first-order valence-corrected chi connectivity index (χ1v) is 6.43.